The van der Waals surface area contributed by atoms with Crippen LogP contribution in [0.4, 0.5) is 0 Å². The van der Waals surface area contributed by atoms with E-state index in [4.69, 9.17) is 0 Å². The van der Waals surface area contributed by atoms with Crippen molar-refractivity contribution in [1.29, 1.82) is 0 Å². The summed E-state index contributed by atoms with van der Waals surface area (Å²) in [6.07, 6.45) is 4.21. The van der Waals surface area contributed by atoms with Crippen molar-refractivity contribution in [2.24, 2.45) is 5.92 Å². The van der Waals surface area contributed by atoms with Gasteiger partial charge in [0.2, 0.25) is 0 Å². The van der Waals surface area contributed by atoms with E-state index in [-0.39, 0.29) is 5.91 Å². The Balaban J connectivity index is 1.89. The number of hydrogen-bond donors (Lipinski definition) is 1. The van der Waals surface area contributed by atoms with E-state index in [1.165, 1.54) is 18.0 Å². The summed E-state index contributed by atoms with van der Waals surface area (Å²) in [5.41, 5.74) is 0.840. The van der Waals surface area contributed by atoms with Crippen LogP contribution in [-0.2, 0) is 6.42 Å². The second-order valence-corrected chi connectivity index (χ2v) is 5.78. The van der Waals surface area contributed by atoms with Crippen LogP contribution in [0.15, 0.2) is 0 Å². The standard InChI is InChI=1S/C13H22N4OS/c1-3-11-12(19-16-15-11)13(18)17-8-5-10(6-9-17)4-7-14-2/h10,14H,3-9H2,1-2H3. The molecule has 0 radical (unpaired) electrons. The predicted octanol–water partition coefficient (Wildman–Crippen LogP) is 1.56. The lowest BCUT2D eigenvalue weighted by Crippen LogP contribution is -2.39. The third-order valence-electron chi connectivity index (χ3n) is 3.79. The van der Waals surface area contributed by atoms with Gasteiger partial charge in [0.25, 0.3) is 5.91 Å². The highest BCUT2D eigenvalue weighted by Crippen LogP contribution is 2.23. The van der Waals surface area contributed by atoms with E-state index in [0.29, 0.717) is 0 Å². The van der Waals surface area contributed by atoms with Crippen molar-refractivity contribution in [2.45, 2.75) is 32.6 Å². The fourth-order valence-electron chi connectivity index (χ4n) is 2.52. The molecule has 6 heteroatoms. The number of hydrogen-bond acceptors (Lipinski definition) is 5. The first-order valence-corrected chi connectivity index (χ1v) is 7.78. The first-order chi connectivity index (χ1) is 9.26. The van der Waals surface area contributed by atoms with Crippen molar-refractivity contribution in [3.63, 3.8) is 0 Å². The van der Waals surface area contributed by atoms with Crippen LogP contribution in [0.25, 0.3) is 0 Å². The van der Waals surface area contributed by atoms with Crippen molar-refractivity contribution in [3.05, 3.63) is 10.6 Å². The lowest BCUT2D eigenvalue weighted by molar-refractivity contribution is 0.0691. The molecule has 106 valence electrons. The molecular weight excluding hydrogens is 260 g/mol. The highest BCUT2D eigenvalue weighted by atomic mass is 32.1. The molecule has 0 aromatic carbocycles. The van der Waals surface area contributed by atoms with Gasteiger partial charge >= 0.3 is 0 Å². The summed E-state index contributed by atoms with van der Waals surface area (Å²) in [7, 11) is 1.99. The summed E-state index contributed by atoms with van der Waals surface area (Å²) in [5, 5.41) is 7.21. The first-order valence-electron chi connectivity index (χ1n) is 7.01. The molecule has 0 saturated carbocycles. The molecule has 5 nitrogen and oxygen atoms in total. The van der Waals surface area contributed by atoms with Crippen LogP contribution in [0, 0.1) is 5.92 Å². The van der Waals surface area contributed by atoms with E-state index in [1.54, 1.807) is 0 Å². The molecule has 0 unspecified atom stereocenters. The number of rotatable bonds is 5. The van der Waals surface area contributed by atoms with Crippen LogP contribution < -0.4 is 5.32 Å². The fraction of sp³-hybridized carbons (Fsp3) is 0.769. The van der Waals surface area contributed by atoms with Gasteiger partial charge in [-0.15, -0.1) is 5.10 Å². The molecule has 0 spiro atoms. The van der Waals surface area contributed by atoms with Gasteiger partial charge in [-0.25, -0.2) is 0 Å². The summed E-state index contributed by atoms with van der Waals surface area (Å²) in [5.74, 6) is 0.876. The number of piperidine rings is 1. The normalized spacial score (nSPS) is 16.8. The molecule has 0 bridgehead atoms. The molecule has 1 fully saturated rings. The fourth-order valence-corrected chi connectivity index (χ4v) is 3.24. The van der Waals surface area contributed by atoms with Crippen LogP contribution in [0.1, 0.15) is 41.6 Å². The van der Waals surface area contributed by atoms with Crippen molar-refractivity contribution in [1.82, 2.24) is 19.8 Å². The lowest BCUT2D eigenvalue weighted by atomic mass is 9.93. The first kappa shape index (κ1) is 14.4. The van der Waals surface area contributed by atoms with Crippen molar-refractivity contribution < 1.29 is 4.79 Å². The molecule has 1 aliphatic heterocycles. The Labute approximate surface area is 118 Å². The van der Waals surface area contributed by atoms with Crippen molar-refractivity contribution in [3.8, 4) is 0 Å². The molecule has 1 aromatic heterocycles. The predicted molar refractivity (Wildman–Crippen MR) is 76.5 cm³/mol. The van der Waals surface area contributed by atoms with E-state index in [9.17, 15) is 4.79 Å². The Morgan fingerprint density at radius 3 is 2.84 bits per heavy atom. The van der Waals surface area contributed by atoms with Crippen LogP contribution in [-0.4, -0.2) is 47.1 Å². The molecule has 1 saturated heterocycles. The molecule has 1 amide bonds. The summed E-state index contributed by atoms with van der Waals surface area (Å²) in [6, 6.07) is 0. The second kappa shape index (κ2) is 6.96. The number of likely N-dealkylation sites (tertiary alicyclic amines) is 1. The molecule has 1 aromatic rings. The Morgan fingerprint density at radius 1 is 1.47 bits per heavy atom. The maximum atomic E-state index is 12.4. The van der Waals surface area contributed by atoms with Gasteiger partial charge in [-0.3, -0.25) is 4.79 Å². The number of aromatic nitrogens is 2. The van der Waals surface area contributed by atoms with E-state index >= 15 is 0 Å². The molecule has 19 heavy (non-hydrogen) atoms. The zero-order valence-electron chi connectivity index (χ0n) is 11.7. The molecule has 1 aliphatic rings. The summed E-state index contributed by atoms with van der Waals surface area (Å²) >= 11 is 1.23. The average Bonchev–Trinajstić information content (AvgIpc) is 2.93. The van der Waals surface area contributed by atoms with Gasteiger partial charge in [-0.1, -0.05) is 11.4 Å². The molecular formula is C13H22N4OS. The van der Waals surface area contributed by atoms with Crippen LogP contribution in [0.5, 0.6) is 0 Å². The summed E-state index contributed by atoms with van der Waals surface area (Å²) in [4.78, 5) is 15.1. The number of carbonyl (C=O) groups is 1. The van der Waals surface area contributed by atoms with E-state index in [0.717, 1.165) is 55.4 Å². The largest absolute Gasteiger partial charge is 0.338 e. The van der Waals surface area contributed by atoms with Gasteiger partial charge in [-0.05, 0) is 56.7 Å². The number of carbonyl (C=O) groups excluding carboxylic acids is 1. The van der Waals surface area contributed by atoms with Crippen molar-refractivity contribution >= 4 is 17.4 Å². The molecule has 2 rings (SSSR count). The Hall–Kier alpha value is -1.01. The van der Waals surface area contributed by atoms with E-state index in [1.807, 2.05) is 18.9 Å². The number of nitrogens with zero attached hydrogens (tertiary/aromatic N) is 3. The molecule has 2 heterocycles. The Kier molecular flexibility index (Phi) is 5.27. The second-order valence-electron chi connectivity index (χ2n) is 5.03. The van der Waals surface area contributed by atoms with Gasteiger partial charge in [-0.2, -0.15) is 0 Å². The minimum Gasteiger partial charge on any atom is -0.338 e. The van der Waals surface area contributed by atoms with Gasteiger partial charge < -0.3 is 10.2 Å². The SMILES string of the molecule is CCc1nnsc1C(=O)N1CCC(CCNC)CC1. The van der Waals surface area contributed by atoms with Gasteiger partial charge in [0.1, 0.15) is 4.88 Å². The van der Waals surface area contributed by atoms with E-state index < -0.39 is 0 Å². The number of nitrogens with one attached hydrogen (secondary N) is 1. The minimum absolute atomic E-state index is 0.124. The van der Waals surface area contributed by atoms with Crippen LogP contribution >= 0.6 is 11.5 Å². The highest BCUT2D eigenvalue weighted by molar-refractivity contribution is 7.08. The zero-order valence-corrected chi connectivity index (χ0v) is 12.5. The van der Waals surface area contributed by atoms with Gasteiger partial charge in [0.05, 0.1) is 5.69 Å². The summed E-state index contributed by atoms with van der Waals surface area (Å²) < 4.78 is 3.90. The third kappa shape index (κ3) is 3.51. The number of amides is 1. The van der Waals surface area contributed by atoms with Crippen LogP contribution in [0.2, 0.25) is 0 Å². The quantitative estimate of drug-likeness (QED) is 0.890. The van der Waals surface area contributed by atoms with Crippen molar-refractivity contribution in [2.75, 3.05) is 26.7 Å². The van der Waals surface area contributed by atoms with E-state index in [2.05, 4.69) is 14.9 Å². The minimum atomic E-state index is 0.124. The Morgan fingerprint density at radius 2 is 2.21 bits per heavy atom. The maximum Gasteiger partial charge on any atom is 0.267 e. The monoisotopic (exact) mass is 282 g/mol. The van der Waals surface area contributed by atoms with Crippen LogP contribution in [0.3, 0.4) is 0 Å². The lowest BCUT2D eigenvalue weighted by Gasteiger charge is -2.31. The van der Waals surface area contributed by atoms with Gasteiger partial charge in [0, 0.05) is 13.1 Å². The Bertz CT molecular complexity index is 413. The molecule has 1 N–H and O–H groups in total. The smallest absolute Gasteiger partial charge is 0.267 e. The van der Waals surface area contributed by atoms with Gasteiger partial charge in [0.15, 0.2) is 0 Å². The summed E-state index contributed by atoms with van der Waals surface area (Å²) in [6.45, 7) is 4.82. The highest BCUT2D eigenvalue weighted by Gasteiger charge is 2.26. The molecule has 0 atom stereocenters. The third-order valence-corrected chi connectivity index (χ3v) is 4.55. The molecule has 0 aliphatic carbocycles. The average molecular weight is 282 g/mol. The number of aryl methyl sites for hydroxylation is 1. The maximum absolute atomic E-state index is 12.4. The zero-order chi connectivity index (χ0) is 13.7. The topological polar surface area (TPSA) is 58.1 Å².